The second-order valence-electron chi connectivity index (χ2n) is 5.53. The number of hydrogen-bond acceptors (Lipinski definition) is 2. The lowest BCUT2D eigenvalue weighted by Crippen LogP contribution is -2.53. The van der Waals surface area contributed by atoms with E-state index in [1.165, 1.54) is 6.07 Å². The number of halogens is 2. The van der Waals surface area contributed by atoms with E-state index < -0.39 is 35.0 Å². The van der Waals surface area contributed by atoms with Gasteiger partial charge in [-0.1, -0.05) is 13.0 Å². The first-order valence-corrected chi connectivity index (χ1v) is 6.98. The first-order valence-electron chi connectivity index (χ1n) is 6.98. The summed E-state index contributed by atoms with van der Waals surface area (Å²) in [5.41, 5.74) is -0.964. The number of benzene rings is 1. The molecule has 5 nitrogen and oxygen atoms in total. The van der Waals surface area contributed by atoms with Gasteiger partial charge in [-0.3, -0.25) is 4.79 Å². The summed E-state index contributed by atoms with van der Waals surface area (Å²) in [5, 5.41) is 18.8. The van der Waals surface area contributed by atoms with E-state index in [9.17, 15) is 23.5 Å². The molecule has 120 valence electrons. The van der Waals surface area contributed by atoms with Gasteiger partial charge in [0, 0.05) is 19.0 Å². The van der Waals surface area contributed by atoms with Gasteiger partial charge in [0.1, 0.15) is 0 Å². The number of nitrogens with zero attached hydrogens (tertiary/aromatic N) is 1. The van der Waals surface area contributed by atoms with Crippen LogP contribution >= 0.6 is 0 Å². The average molecular weight is 313 g/mol. The van der Waals surface area contributed by atoms with Gasteiger partial charge < -0.3 is 15.1 Å². The Kier molecular flexibility index (Phi) is 4.35. The SMILES string of the molecule is CCC1(C(=O)O)CN(C(=O)O)CCC1c1ccc(F)c(F)c1. The van der Waals surface area contributed by atoms with E-state index in [0.717, 1.165) is 17.0 Å². The molecular formula is C15H17F2NO4. The van der Waals surface area contributed by atoms with Gasteiger partial charge in [0.05, 0.1) is 5.41 Å². The number of likely N-dealkylation sites (tertiary alicyclic amines) is 1. The Labute approximate surface area is 126 Å². The first kappa shape index (κ1) is 16.2. The van der Waals surface area contributed by atoms with E-state index >= 15 is 0 Å². The zero-order chi connectivity index (χ0) is 16.5. The third-order valence-electron chi connectivity index (χ3n) is 4.50. The predicted molar refractivity (Wildman–Crippen MR) is 73.7 cm³/mol. The Hall–Kier alpha value is -2.18. The summed E-state index contributed by atoms with van der Waals surface area (Å²) in [6, 6.07) is 3.34. The summed E-state index contributed by atoms with van der Waals surface area (Å²) in [7, 11) is 0. The van der Waals surface area contributed by atoms with E-state index in [1.54, 1.807) is 6.92 Å². The van der Waals surface area contributed by atoms with Crippen LogP contribution < -0.4 is 0 Å². The Morgan fingerprint density at radius 2 is 2.00 bits per heavy atom. The summed E-state index contributed by atoms with van der Waals surface area (Å²) in [6.45, 7) is 1.65. The van der Waals surface area contributed by atoms with Gasteiger partial charge in [-0.2, -0.15) is 0 Å². The Bertz CT molecular complexity index is 607. The lowest BCUT2D eigenvalue weighted by atomic mass is 9.66. The molecule has 0 radical (unpaired) electrons. The van der Waals surface area contributed by atoms with Gasteiger partial charge in [0.2, 0.25) is 0 Å². The quantitative estimate of drug-likeness (QED) is 0.899. The van der Waals surface area contributed by atoms with Crippen molar-refractivity contribution >= 4 is 12.1 Å². The molecule has 1 heterocycles. The lowest BCUT2D eigenvalue weighted by Gasteiger charge is -2.44. The Morgan fingerprint density at radius 3 is 2.50 bits per heavy atom. The molecule has 1 aromatic carbocycles. The molecule has 0 aromatic heterocycles. The molecule has 1 fully saturated rings. The highest BCUT2D eigenvalue weighted by atomic mass is 19.2. The number of carboxylic acid groups (broad SMARTS) is 2. The molecule has 1 aliphatic heterocycles. The number of rotatable bonds is 3. The normalized spacial score (nSPS) is 25.0. The minimum absolute atomic E-state index is 0.161. The van der Waals surface area contributed by atoms with Crippen molar-refractivity contribution in [1.29, 1.82) is 0 Å². The predicted octanol–water partition coefficient (Wildman–Crippen LogP) is 2.91. The van der Waals surface area contributed by atoms with Crippen LogP contribution in [0.15, 0.2) is 18.2 Å². The van der Waals surface area contributed by atoms with Crippen molar-refractivity contribution in [3.63, 3.8) is 0 Å². The maximum atomic E-state index is 13.5. The molecule has 1 aromatic rings. The van der Waals surface area contributed by atoms with Crippen LogP contribution in [-0.4, -0.2) is 40.3 Å². The Morgan fingerprint density at radius 1 is 1.32 bits per heavy atom. The molecule has 7 heteroatoms. The minimum Gasteiger partial charge on any atom is -0.481 e. The van der Waals surface area contributed by atoms with Gasteiger partial charge >= 0.3 is 12.1 Å². The van der Waals surface area contributed by atoms with Gasteiger partial charge in [-0.25, -0.2) is 13.6 Å². The van der Waals surface area contributed by atoms with E-state index in [0.29, 0.717) is 5.56 Å². The number of amides is 1. The van der Waals surface area contributed by atoms with Crippen LogP contribution in [0.25, 0.3) is 0 Å². The molecule has 2 unspecified atom stereocenters. The molecule has 22 heavy (non-hydrogen) atoms. The Balaban J connectivity index is 2.46. The second-order valence-corrected chi connectivity index (χ2v) is 5.53. The molecule has 0 aliphatic carbocycles. The fraction of sp³-hybridized carbons (Fsp3) is 0.467. The van der Waals surface area contributed by atoms with Gasteiger partial charge in [-0.05, 0) is 30.5 Å². The third-order valence-corrected chi connectivity index (χ3v) is 4.50. The minimum atomic E-state index is -1.35. The molecule has 0 spiro atoms. The summed E-state index contributed by atoms with van der Waals surface area (Å²) >= 11 is 0. The fourth-order valence-corrected chi connectivity index (χ4v) is 3.20. The largest absolute Gasteiger partial charge is 0.481 e. The summed E-state index contributed by atoms with van der Waals surface area (Å²) in [5.74, 6) is -3.73. The van der Waals surface area contributed by atoms with E-state index in [-0.39, 0.29) is 25.9 Å². The first-order chi connectivity index (χ1) is 10.3. The molecular weight excluding hydrogens is 296 g/mol. The second kappa shape index (κ2) is 5.90. The van der Waals surface area contributed by atoms with Gasteiger partial charge in [-0.15, -0.1) is 0 Å². The highest BCUT2D eigenvalue weighted by molar-refractivity contribution is 5.78. The molecule has 2 atom stereocenters. The number of carbonyl (C=O) groups is 2. The lowest BCUT2D eigenvalue weighted by molar-refractivity contribution is -0.154. The van der Waals surface area contributed by atoms with Crippen LogP contribution in [0.2, 0.25) is 0 Å². The van der Waals surface area contributed by atoms with Crippen molar-refractivity contribution < 1.29 is 28.6 Å². The number of piperidine rings is 1. The van der Waals surface area contributed by atoms with E-state index in [4.69, 9.17) is 5.11 Å². The van der Waals surface area contributed by atoms with Crippen LogP contribution in [0.4, 0.5) is 13.6 Å². The van der Waals surface area contributed by atoms with E-state index in [2.05, 4.69) is 0 Å². The van der Waals surface area contributed by atoms with Crippen molar-refractivity contribution in [2.75, 3.05) is 13.1 Å². The van der Waals surface area contributed by atoms with Crippen LogP contribution in [0.3, 0.4) is 0 Å². The standard InChI is InChI=1S/C15H17F2NO4/c1-2-15(13(19)20)8-18(14(21)22)6-5-10(15)9-3-4-11(16)12(17)7-9/h3-4,7,10H,2,5-6,8H2,1H3,(H,19,20)(H,21,22). The van der Waals surface area contributed by atoms with Crippen molar-refractivity contribution in [2.45, 2.75) is 25.7 Å². The molecule has 2 rings (SSSR count). The topological polar surface area (TPSA) is 77.8 Å². The monoisotopic (exact) mass is 313 g/mol. The van der Waals surface area contributed by atoms with Crippen molar-refractivity contribution in [3.8, 4) is 0 Å². The fourth-order valence-electron chi connectivity index (χ4n) is 3.20. The molecule has 2 N–H and O–H groups in total. The average Bonchev–Trinajstić information content (AvgIpc) is 2.49. The van der Waals surface area contributed by atoms with E-state index in [1.807, 2.05) is 0 Å². The van der Waals surface area contributed by atoms with Gasteiger partial charge in [0.25, 0.3) is 0 Å². The number of aliphatic carboxylic acids is 1. The van der Waals surface area contributed by atoms with Crippen LogP contribution in [0.1, 0.15) is 31.2 Å². The van der Waals surface area contributed by atoms with Crippen molar-refractivity contribution in [2.24, 2.45) is 5.41 Å². The zero-order valence-corrected chi connectivity index (χ0v) is 12.1. The van der Waals surface area contributed by atoms with Crippen LogP contribution in [-0.2, 0) is 4.79 Å². The highest BCUT2D eigenvalue weighted by Crippen LogP contribution is 2.45. The van der Waals surface area contributed by atoms with Crippen LogP contribution in [0.5, 0.6) is 0 Å². The molecule has 1 amide bonds. The maximum Gasteiger partial charge on any atom is 0.407 e. The van der Waals surface area contributed by atoms with Crippen molar-refractivity contribution in [1.82, 2.24) is 4.90 Å². The third kappa shape index (κ3) is 2.63. The molecule has 1 aliphatic rings. The summed E-state index contributed by atoms with van der Waals surface area (Å²) < 4.78 is 26.6. The van der Waals surface area contributed by atoms with Crippen LogP contribution in [0, 0.1) is 17.0 Å². The molecule has 0 saturated carbocycles. The zero-order valence-electron chi connectivity index (χ0n) is 12.1. The van der Waals surface area contributed by atoms with Crippen molar-refractivity contribution in [3.05, 3.63) is 35.4 Å². The molecule has 1 saturated heterocycles. The summed E-state index contributed by atoms with van der Waals surface area (Å²) in [4.78, 5) is 24.0. The van der Waals surface area contributed by atoms with Gasteiger partial charge in [0.15, 0.2) is 11.6 Å². The smallest absolute Gasteiger partial charge is 0.407 e. The molecule has 0 bridgehead atoms. The maximum absolute atomic E-state index is 13.5. The number of carboxylic acids is 1. The summed E-state index contributed by atoms with van der Waals surface area (Å²) in [6.07, 6.45) is -0.740. The number of hydrogen-bond donors (Lipinski definition) is 2. The highest BCUT2D eigenvalue weighted by Gasteiger charge is 2.50.